The van der Waals surface area contributed by atoms with Crippen LogP contribution in [0, 0.1) is 0 Å². The first-order valence-corrected chi connectivity index (χ1v) is 7.22. The van der Waals surface area contributed by atoms with Gasteiger partial charge in [0.05, 0.1) is 5.69 Å². The molecule has 0 bridgehead atoms. The van der Waals surface area contributed by atoms with Crippen LogP contribution in [0.5, 0.6) is 5.75 Å². The van der Waals surface area contributed by atoms with Crippen LogP contribution < -0.4 is 20.3 Å². The molecule has 1 heterocycles. The van der Waals surface area contributed by atoms with E-state index in [1.165, 1.54) is 4.90 Å². The normalized spacial score (nSPS) is 13.0. The Balaban J connectivity index is 0.00000242. The van der Waals surface area contributed by atoms with Gasteiger partial charge in [-0.25, -0.2) is 0 Å². The van der Waals surface area contributed by atoms with Crippen molar-refractivity contribution in [2.75, 3.05) is 37.7 Å². The number of carbonyl (C=O) groups is 2. The molecule has 122 valence electrons. The summed E-state index contributed by atoms with van der Waals surface area (Å²) in [6, 6.07) is 7.23. The number of hydrogen-bond acceptors (Lipinski definition) is 4. The molecule has 0 fully saturated rings. The largest absolute Gasteiger partial charge is 0.482 e. The number of para-hydroxylation sites is 2. The standard InChI is InChI=1S/C15H21N3O3.ClH/c1-2-7-16-8-9-17-14(19)10-18-12-5-3-4-6-13(12)21-11-15(18)20;/h3-6,16H,2,7-11H2,1H3,(H,17,19);1H. The predicted molar refractivity (Wildman–Crippen MR) is 87.7 cm³/mol. The molecular weight excluding hydrogens is 306 g/mol. The number of halogens is 1. The van der Waals surface area contributed by atoms with Gasteiger partial charge in [-0.2, -0.15) is 0 Å². The Bertz CT molecular complexity index is 511. The van der Waals surface area contributed by atoms with Gasteiger partial charge in [-0.05, 0) is 25.1 Å². The zero-order valence-electron chi connectivity index (χ0n) is 12.6. The van der Waals surface area contributed by atoms with Gasteiger partial charge in [0.25, 0.3) is 5.91 Å². The number of benzene rings is 1. The highest BCUT2D eigenvalue weighted by molar-refractivity contribution is 6.02. The fourth-order valence-corrected chi connectivity index (χ4v) is 2.12. The van der Waals surface area contributed by atoms with Crippen LogP contribution in [-0.4, -0.2) is 44.6 Å². The molecule has 0 saturated heterocycles. The molecule has 22 heavy (non-hydrogen) atoms. The van der Waals surface area contributed by atoms with Crippen molar-refractivity contribution in [2.45, 2.75) is 13.3 Å². The third-order valence-corrected chi connectivity index (χ3v) is 3.16. The summed E-state index contributed by atoms with van der Waals surface area (Å²) in [6.07, 6.45) is 1.06. The van der Waals surface area contributed by atoms with Crippen molar-refractivity contribution < 1.29 is 14.3 Å². The van der Waals surface area contributed by atoms with Crippen LogP contribution in [0.25, 0.3) is 0 Å². The monoisotopic (exact) mass is 327 g/mol. The predicted octanol–water partition coefficient (Wildman–Crippen LogP) is 0.950. The summed E-state index contributed by atoms with van der Waals surface area (Å²) < 4.78 is 5.34. The van der Waals surface area contributed by atoms with E-state index in [1.807, 2.05) is 12.1 Å². The summed E-state index contributed by atoms with van der Waals surface area (Å²) in [5, 5.41) is 6.01. The zero-order chi connectivity index (χ0) is 15.1. The molecule has 2 N–H and O–H groups in total. The van der Waals surface area contributed by atoms with Crippen LogP contribution in [0.1, 0.15) is 13.3 Å². The highest BCUT2D eigenvalue weighted by atomic mass is 35.5. The third kappa shape index (κ3) is 4.89. The first-order chi connectivity index (χ1) is 10.2. The van der Waals surface area contributed by atoms with E-state index in [2.05, 4.69) is 17.6 Å². The second kappa shape index (κ2) is 9.27. The molecule has 2 rings (SSSR count). The summed E-state index contributed by atoms with van der Waals surface area (Å²) in [6.45, 7) is 4.31. The molecule has 1 aromatic carbocycles. The van der Waals surface area contributed by atoms with Gasteiger partial charge in [-0.1, -0.05) is 19.1 Å². The lowest BCUT2D eigenvalue weighted by molar-refractivity contribution is -0.125. The Morgan fingerprint density at radius 3 is 2.82 bits per heavy atom. The number of hydrogen-bond donors (Lipinski definition) is 2. The second-order valence-corrected chi connectivity index (χ2v) is 4.84. The van der Waals surface area contributed by atoms with E-state index >= 15 is 0 Å². The number of nitrogens with zero attached hydrogens (tertiary/aromatic N) is 1. The molecule has 0 aromatic heterocycles. The average molecular weight is 328 g/mol. The summed E-state index contributed by atoms with van der Waals surface area (Å²) in [5.74, 6) is 0.265. The molecule has 2 amide bonds. The van der Waals surface area contributed by atoms with Crippen LogP contribution in [0.2, 0.25) is 0 Å². The van der Waals surface area contributed by atoms with Crippen molar-refractivity contribution in [1.82, 2.24) is 10.6 Å². The van der Waals surface area contributed by atoms with Gasteiger partial charge in [0.1, 0.15) is 12.3 Å². The van der Waals surface area contributed by atoms with Crippen LogP contribution >= 0.6 is 12.4 Å². The van der Waals surface area contributed by atoms with E-state index in [-0.39, 0.29) is 37.4 Å². The van der Waals surface area contributed by atoms with Gasteiger partial charge in [0, 0.05) is 13.1 Å². The van der Waals surface area contributed by atoms with Gasteiger partial charge >= 0.3 is 0 Å². The number of anilines is 1. The SMILES string of the molecule is CCCNCCNC(=O)CN1C(=O)COc2ccccc21.Cl. The number of fused-ring (bicyclic) bond motifs is 1. The van der Waals surface area contributed by atoms with Crippen molar-refractivity contribution >= 4 is 29.9 Å². The van der Waals surface area contributed by atoms with Gasteiger partial charge in [-0.3, -0.25) is 14.5 Å². The highest BCUT2D eigenvalue weighted by Crippen LogP contribution is 2.30. The Hall–Kier alpha value is -1.79. The first-order valence-electron chi connectivity index (χ1n) is 7.22. The van der Waals surface area contributed by atoms with Crippen LogP contribution in [-0.2, 0) is 9.59 Å². The molecule has 1 aromatic rings. The third-order valence-electron chi connectivity index (χ3n) is 3.16. The van der Waals surface area contributed by atoms with Crippen molar-refractivity contribution in [1.29, 1.82) is 0 Å². The van der Waals surface area contributed by atoms with E-state index in [4.69, 9.17) is 4.74 Å². The van der Waals surface area contributed by atoms with Crippen LogP contribution in [0.4, 0.5) is 5.69 Å². The van der Waals surface area contributed by atoms with Crippen molar-refractivity contribution in [3.8, 4) is 5.75 Å². The van der Waals surface area contributed by atoms with E-state index in [9.17, 15) is 9.59 Å². The smallest absolute Gasteiger partial charge is 0.265 e. The number of rotatable bonds is 7. The molecule has 0 unspecified atom stereocenters. The Morgan fingerprint density at radius 2 is 2.05 bits per heavy atom. The molecule has 7 heteroatoms. The molecular formula is C15H22ClN3O3. The Kier molecular flexibility index (Phi) is 7.70. The molecule has 0 saturated carbocycles. The minimum atomic E-state index is -0.201. The van der Waals surface area contributed by atoms with Crippen molar-refractivity contribution in [3.05, 3.63) is 24.3 Å². The number of ether oxygens (including phenoxy) is 1. The number of amides is 2. The molecule has 0 spiro atoms. The summed E-state index contributed by atoms with van der Waals surface area (Å²) in [5.41, 5.74) is 0.646. The maximum Gasteiger partial charge on any atom is 0.265 e. The topological polar surface area (TPSA) is 70.7 Å². The first kappa shape index (κ1) is 18.3. The molecule has 1 aliphatic heterocycles. The number of carbonyl (C=O) groups excluding carboxylic acids is 2. The Morgan fingerprint density at radius 1 is 1.27 bits per heavy atom. The lowest BCUT2D eigenvalue weighted by atomic mass is 10.2. The van der Waals surface area contributed by atoms with Crippen LogP contribution in [0.3, 0.4) is 0 Å². The summed E-state index contributed by atoms with van der Waals surface area (Å²) >= 11 is 0. The van der Waals surface area contributed by atoms with E-state index in [0.29, 0.717) is 18.0 Å². The summed E-state index contributed by atoms with van der Waals surface area (Å²) in [4.78, 5) is 25.3. The molecule has 0 radical (unpaired) electrons. The number of nitrogens with one attached hydrogen (secondary N) is 2. The summed E-state index contributed by atoms with van der Waals surface area (Å²) in [7, 11) is 0. The minimum Gasteiger partial charge on any atom is -0.482 e. The van der Waals surface area contributed by atoms with Gasteiger partial charge in [0.15, 0.2) is 6.61 Å². The van der Waals surface area contributed by atoms with Crippen LogP contribution in [0.15, 0.2) is 24.3 Å². The Labute approximate surface area is 136 Å². The van der Waals surface area contributed by atoms with E-state index < -0.39 is 0 Å². The van der Waals surface area contributed by atoms with Gasteiger partial charge in [-0.15, -0.1) is 12.4 Å². The fourth-order valence-electron chi connectivity index (χ4n) is 2.12. The maximum absolute atomic E-state index is 11.9. The average Bonchev–Trinajstić information content (AvgIpc) is 2.50. The van der Waals surface area contributed by atoms with E-state index in [1.54, 1.807) is 12.1 Å². The lowest BCUT2D eigenvalue weighted by Crippen LogP contribution is -2.46. The van der Waals surface area contributed by atoms with Gasteiger partial charge < -0.3 is 15.4 Å². The zero-order valence-corrected chi connectivity index (χ0v) is 13.4. The van der Waals surface area contributed by atoms with E-state index in [0.717, 1.165) is 19.5 Å². The van der Waals surface area contributed by atoms with Crippen molar-refractivity contribution in [3.63, 3.8) is 0 Å². The second-order valence-electron chi connectivity index (χ2n) is 4.84. The minimum absolute atomic E-state index is 0. The van der Waals surface area contributed by atoms with Crippen molar-refractivity contribution in [2.24, 2.45) is 0 Å². The lowest BCUT2D eigenvalue weighted by Gasteiger charge is -2.28. The maximum atomic E-state index is 11.9. The molecule has 6 nitrogen and oxygen atoms in total. The highest BCUT2D eigenvalue weighted by Gasteiger charge is 2.26. The molecule has 0 atom stereocenters. The van der Waals surface area contributed by atoms with Gasteiger partial charge in [0.2, 0.25) is 5.91 Å². The molecule has 0 aliphatic carbocycles. The quantitative estimate of drug-likeness (QED) is 0.732. The fraction of sp³-hybridized carbons (Fsp3) is 0.467. The molecule has 1 aliphatic rings.